The minimum atomic E-state index is -0.0720. The van der Waals surface area contributed by atoms with Crippen molar-refractivity contribution >= 4 is 27.5 Å². The van der Waals surface area contributed by atoms with Crippen molar-refractivity contribution in [3.8, 4) is 11.3 Å². The Bertz CT molecular complexity index is 766. The fourth-order valence-corrected chi connectivity index (χ4v) is 2.38. The Kier molecular flexibility index (Phi) is 4.34. The van der Waals surface area contributed by atoms with E-state index in [0.717, 1.165) is 27.1 Å². The van der Waals surface area contributed by atoms with Crippen LogP contribution in [-0.2, 0) is 11.2 Å². The van der Waals surface area contributed by atoms with Gasteiger partial charge in [0.25, 0.3) is 0 Å². The summed E-state index contributed by atoms with van der Waals surface area (Å²) in [5.41, 5.74) is 3.41. The predicted octanol–water partition coefficient (Wildman–Crippen LogP) is 4.02. The van der Waals surface area contributed by atoms with Crippen LogP contribution in [0.5, 0.6) is 0 Å². The average molecular weight is 356 g/mol. The minimum Gasteiger partial charge on any atom is -0.326 e. The molecule has 0 fully saturated rings. The molecule has 0 atom stereocenters. The number of hydrogen-bond acceptors (Lipinski definition) is 2. The molecule has 0 radical (unpaired) electrons. The first-order valence-corrected chi connectivity index (χ1v) is 7.65. The molecule has 22 heavy (non-hydrogen) atoms. The molecule has 5 heteroatoms. The number of aromatic amines is 1. The van der Waals surface area contributed by atoms with Crippen LogP contribution in [0.4, 0.5) is 5.69 Å². The third-order valence-corrected chi connectivity index (χ3v) is 3.71. The van der Waals surface area contributed by atoms with Crippen LogP contribution in [0, 0.1) is 0 Å². The van der Waals surface area contributed by atoms with Gasteiger partial charge in [-0.05, 0) is 30.3 Å². The molecule has 0 saturated heterocycles. The summed E-state index contributed by atoms with van der Waals surface area (Å²) in [5.74, 6) is -0.0720. The maximum Gasteiger partial charge on any atom is 0.230 e. The fourth-order valence-electron chi connectivity index (χ4n) is 2.12. The molecule has 0 bridgehead atoms. The van der Waals surface area contributed by atoms with E-state index in [9.17, 15) is 4.79 Å². The average Bonchev–Trinajstić information content (AvgIpc) is 2.97. The first-order chi connectivity index (χ1) is 10.7. The summed E-state index contributed by atoms with van der Waals surface area (Å²) < 4.78 is 1.02. The molecular weight excluding hydrogens is 342 g/mol. The third kappa shape index (κ3) is 3.62. The van der Waals surface area contributed by atoms with Gasteiger partial charge in [-0.15, -0.1) is 0 Å². The van der Waals surface area contributed by atoms with Crippen molar-refractivity contribution in [2.45, 2.75) is 6.42 Å². The number of aromatic nitrogens is 2. The highest BCUT2D eigenvalue weighted by Gasteiger charge is 2.08. The number of amides is 1. The van der Waals surface area contributed by atoms with Crippen molar-refractivity contribution in [3.05, 3.63) is 70.8 Å². The zero-order valence-corrected chi connectivity index (χ0v) is 13.3. The molecule has 1 heterocycles. The fraction of sp³-hybridized carbons (Fsp3) is 0.0588. The van der Waals surface area contributed by atoms with E-state index in [1.807, 2.05) is 60.7 Å². The molecule has 0 aliphatic rings. The van der Waals surface area contributed by atoms with Crippen LogP contribution < -0.4 is 5.32 Å². The number of halogens is 1. The van der Waals surface area contributed by atoms with Crippen molar-refractivity contribution in [2.75, 3.05) is 5.32 Å². The van der Waals surface area contributed by atoms with Gasteiger partial charge in [-0.2, -0.15) is 5.10 Å². The van der Waals surface area contributed by atoms with Crippen LogP contribution in [0.2, 0.25) is 0 Å². The Morgan fingerprint density at radius 3 is 2.55 bits per heavy atom. The van der Waals surface area contributed by atoms with E-state index in [2.05, 4.69) is 31.4 Å². The highest BCUT2D eigenvalue weighted by molar-refractivity contribution is 9.10. The van der Waals surface area contributed by atoms with E-state index in [1.54, 1.807) is 0 Å². The normalized spacial score (nSPS) is 10.4. The maximum atomic E-state index is 12.0. The van der Waals surface area contributed by atoms with E-state index in [0.29, 0.717) is 0 Å². The standard InChI is InChI=1S/C17H14BrN3O/c18-13-8-6-12(7-9-13)16-10-15(20-21-16)11-17(22)19-14-4-2-1-3-5-14/h1-10H,11H2,(H,19,22)(H,20,21). The summed E-state index contributed by atoms with van der Waals surface area (Å²) >= 11 is 3.41. The molecule has 4 nitrogen and oxygen atoms in total. The van der Waals surface area contributed by atoms with Gasteiger partial charge in [-0.25, -0.2) is 0 Å². The van der Waals surface area contributed by atoms with Crippen molar-refractivity contribution in [1.29, 1.82) is 0 Å². The number of para-hydroxylation sites is 1. The number of rotatable bonds is 4. The zero-order valence-electron chi connectivity index (χ0n) is 11.7. The monoisotopic (exact) mass is 355 g/mol. The van der Waals surface area contributed by atoms with Gasteiger partial charge in [0.15, 0.2) is 0 Å². The van der Waals surface area contributed by atoms with Gasteiger partial charge in [0.1, 0.15) is 0 Å². The molecule has 0 spiro atoms. The van der Waals surface area contributed by atoms with E-state index in [4.69, 9.17) is 0 Å². The van der Waals surface area contributed by atoms with E-state index >= 15 is 0 Å². The lowest BCUT2D eigenvalue weighted by Gasteiger charge is -2.03. The van der Waals surface area contributed by atoms with Crippen LogP contribution in [0.1, 0.15) is 5.69 Å². The highest BCUT2D eigenvalue weighted by Crippen LogP contribution is 2.20. The molecule has 2 N–H and O–H groups in total. The number of carbonyl (C=O) groups excluding carboxylic acids is 1. The lowest BCUT2D eigenvalue weighted by molar-refractivity contribution is -0.115. The Labute approximate surface area is 136 Å². The SMILES string of the molecule is O=C(Cc1cc(-c2ccc(Br)cc2)n[nH]1)Nc1ccccc1. The van der Waals surface area contributed by atoms with Crippen LogP contribution in [-0.4, -0.2) is 16.1 Å². The summed E-state index contributed by atoms with van der Waals surface area (Å²) in [4.78, 5) is 12.0. The molecule has 3 aromatic rings. The molecule has 3 rings (SSSR count). The summed E-state index contributed by atoms with van der Waals surface area (Å²) in [5, 5.41) is 10.0. The first kappa shape index (κ1) is 14.5. The molecule has 0 saturated carbocycles. The van der Waals surface area contributed by atoms with Crippen LogP contribution in [0.3, 0.4) is 0 Å². The van der Waals surface area contributed by atoms with Gasteiger partial charge in [0, 0.05) is 21.4 Å². The number of benzene rings is 2. The molecule has 1 amide bonds. The second-order valence-electron chi connectivity index (χ2n) is 4.88. The second-order valence-corrected chi connectivity index (χ2v) is 5.79. The minimum absolute atomic E-state index is 0.0720. The Morgan fingerprint density at radius 2 is 1.82 bits per heavy atom. The van der Waals surface area contributed by atoms with Crippen LogP contribution in [0.25, 0.3) is 11.3 Å². The zero-order chi connectivity index (χ0) is 15.4. The number of carbonyl (C=O) groups is 1. The predicted molar refractivity (Wildman–Crippen MR) is 90.5 cm³/mol. The van der Waals surface area contributed by atoms with Gasteiger partial charge in [0.2, 0.25) is 5.91 Å². The summed E-state index contributed by atoms with van der Waals surface area (Å²) in [6.45, 7) is 0. The quantitative estimate of drug-likeness (QED) is 0.742. The Balaban J connectivity index is 1.66. The molecule has 0 aliphatic carbocycles. The summed E-state index contributed by atoms with van der Waals surface area (Å²) in [7, 11) is 0. The van der Waals surface area contributed by atoms with Crippen molar-refractivity contribution in [2.24, 2.45) is 0 Å². The van der Waals surface area contributed by atoms with Crippen molar-refractivity contribution in [3.63, 3.8) is 0 Å². The van der Waals surface area contributed by atoms with Gasteiger partial charge in [-0.1, -0.05) is 46.3 Å². The lowest BCUT2D eigenvalue weighted by Crippen LogP contribution is -2.14. The lowest BCUT2D eigenvalue weighted by atomic mass is 10.1. The summed E-state index contributed by atoms with van der Waals surface area (Å²) in [6, 6.07) is 19.2. The van der Waals surface area contributed by atoms with Gasteiger partial charge >= 0.3 is 0 Å². The van der Waals surface area contributed by atoms with Crippen molar-refractivity contribution in [1.82, 2.24) is 10.2 Å². The number of nitrogens with zero attached hydrogens (tertiary/aromatic N) is 1. The molecule has 0 unspecified atom stereocenters. The number of hydrogen-bond donors (Lipinski definition) is 2. The Morgan fingerprint density at radius 1 is 1.09 bits per heavy atom. The first-order valence-electron chi connectivity index (χ1n) is 6.86. The molecular formula is C17H14BrN3O. The second kappa shape index (κ2) is 6.58. The smallest absolute Gasteiger partial charge is 0.230 e. The Hall–Kier alpha value is -2.40. The molecule has 2 aromatic carbocycles. The number of H-pyrrole nitrogens is 1. The van der Waals surface area contributed by atoms with E-state index in [-0.39, 0.29) is 12.3 Å². The molecule has 110 valence electrons. The molecule has 0 aliphatic heterocycles. The van der Waals surface area contributed by atoms with E-state index < -0.39 is 0 Å². The molecule has 1 aromatic heterocycles. The van der Waals surface area contributed by atoms with Gasteiger partial charge < -0.3 is 5.32 Å². The van der Waals surface area contributed by atoms with Gasteiger partial charge in [0.05, 0.1) is 12.1 Å². The number of nitrogens with one attached hydrogen (secondary N) is 2. The maximum absolute atomic E-state index is 12.0. The van der Waals surface area contributed by atoms with Crippen LogP contribution >= 0.6 is 15.9 Å². The third-order valence-electron chi connectivity index (χ3n) is 3.18. The van der Waals surface area contributed by atoms with E-state index in [1.165, 1.54) is 0 Å². The van der Waals surface area contributed by atoms with Crippen LogP contribution in [0.15, 0.2) is 65.1 Å². The topological polar surface area (TPSA) is 57.8 Å². The number of anilines is 1. The largest absolute Gasteiger partial charge is 0.326 e. The summed E-state index contributed by atoms with van der Waals surface area (Å²) in [6.07, 6.45) is 0.262. The van der Waals surface area contributed by atoms with Crippen molar-refractivity contribution < 1.29 is 4.79 Å². The van der Waals surface area contributed by atoms with Gasteiger partial charge in [-0.3, -0.25) is 9.89 Å². The highest BCUT2D eigenvalue weighted by atomic mass is 79.9.